The standard InChI is InChI=1S/C45H29N3/c1-2-12-30(13-3-1)43-29-44(31-24-26-46-27-25-31)48-45(47-43)32-22-23-41-39-20-9-8-18-37(39)35-16-5-4-14-33(35)34-15-6-7-17-36(34)38-19-10-11-21-40(38)42(41)28-32/h1-29H. The van der Waals surface area contributed by atoms with Crippen LogP contribution in [-0.4, -0.2) is 15.0 Å². The Morgan fingerprint density at radius 2 is 0.646 bits per heavy atom. The second kappa shape index (κ2) is 11.7. The van der Waals surface area contributed by atoms with Gasteiger partial charge < -0.3 is 0 Å². The summed E-state index contributed by atoms with van der Waals surface area (Å²) in [7, 11) is 0. The molecule has 2 aromatic heterocycles. The second-order valence-electron chi connectivity index (χ2n) is 12.0. The molecule has 9 aromatic rings. The van der Waals surface area contributed by atoms with Crippen LogP contribution < -0.4 is 0 Å². The van der Waals surface area contributed by atoms with Crippen molar-refractivity contribution in [1.82, 2.24) is 15.0 Å². The number of benzene rings is 6. The molecule has 0 saturated carbocycles. The Kier molecular flexibility index (Phi) is 6.80. The smallest absolute Gasteiger partial charge is 0.160 e. The molecule has 0 radical (unpaired) electrons. The van der Waals surface area contributed by atoms with E-state index in [0.717, 1.165) is 33.5 Å². The molecule has 0 N–H and O–H groups in total. The van der Waals surface area contributed by atoms with Crippen molar-refractivity contribution in [3.8, 4) is 33.9 Å². The summed E-state index contributed by atoms with van der Waals surface area (Å²) in [5, 5.41) is 11.9. The molecule has 0 saturated heterocycles. The lowest BCUT2D eigenvalue weighted by Crippen LogP contribution is -1.96. The van der Waals surface area contributed by atoms with Crippen LogP contribution in [0.25, 0.3) is 87.8 Å². The fourth-order valence-corrected chi connectivity index (χ4v) is 6.96. The molecule has 9 rings (SSSR count). The summed E-state index contributed by atoms with van der Waals surface area (Å²) in [6, 6.07) is 58.1. The molecule has 48 heavy (non-hydrogen) atoms. The summed E-state index contributed by atoms with van der Waals surface area (Å²) < 4.78 is 0. The van der Waals surface area contributed by atoms with Crippen LogP contribution in [-0.2, 0) is 0 Å². The van der Waals surface area contributed by atoms with E-state index < -0.39 is 0 Å². The van der Waals surface area contributed by atoms with E-state index in [2.05, 4.69) is 138 Å². The first-order valence-electron chi connectivity index (χ1n) is 16.2. The minimum Gasteiger partial charge on any atom is -0.265 e. The van der Waals surface area contributed by atoms with Crippen molar-refractivity contribution in [2.45, 2.75) is 0 Å². The molecule has 2 heterocycles. The number of hydrogen-bond donors (Lipinski definition) is 0. The predicted molar refractivity (Wildman–Crippen MR) is 201 cm³/mol. The van der Waals surface area contributed by atoms with Crippen LogP contribution in [0.1, 0.15) is 0 Å². The van der Waals surface area contributed by atoms with Crippen molar-refractivity contribution < 1.29 is 0 Å². The van der Waals surface area contributed by atoms with Crippen molar-refractivity contribution in [2.24, 2.45) is 0 Å². The molecule has 3 nitrogen and oxygen atoms in total. The molecule has 0 atom stereocenters. The number of nitrogens with zero attached hydrogens (tertiary/aromatic N) is 3. The zero-order chi connectivity index (χ0) is 31.9. The molecule has 0 bridgehead atoms. The molecular weight excluding hydrogens is 583 g/mol. The number of fused-ring (bicyclic) bond motifs is 10. The van der Waals surface area contributed by atoms with Crippen molar-refractivity contribution in [1.29, 1.82) is 0 Å². The van der Waals surface area contributed by atoms with Crippen molar-refractivity contribution >= 4 is 53.9 Å². The van der Waals surface area contributed by atoms with Crippen LogP contribution in [0.2, 0.25) is 0 Å². The van der Waals surface area contributed by atoms with Gasteiger partial charge in [0.15, 0.2) is 5.82 Å². The van der Waals surface area contributed by atoms with Crippen LogP contribution in [0, 0.1) is 0 Å². The molecule has 224 valence electrons. The van der Waals surface area contributed by atoms with Crippen molar-refractivity contribution in [3.05, 3.63) is 176 Å². The molecular formula is C45H29N3. The number of hydrogen-bond acceptors (Lipinski definition) is 3. The summed E-state index contributed by atoms with van der Waals surface area (Å²) in [6.45, 7) is 0. The van der Waals surface area contributed by atoms with Gasteiger partial charge in [-0.15, -0.1) is 0 Å². The minimum absolute atomic E-state index is 0.680. The number of pyridine rings is 1. The lowest BCUT2D eigenvalue weighted by molar-refractivity contribution is 1.18. The Hall–Kier alpha value is -6.45. The largest absolute Gasteiger partial charge is 0.265 e. The topological polar surface area (TPSA) is 38.7 Å². The third-order valence-electron chi connectivity index (χ3n) is 9.21. The quantitative estimate of drug-likeness (QED) is 0.199. The van der Waals surface area contributed by atoms with Gasteiger partial charge in [0.25, 0.3) is 0 Å². The maximum Gasteiger partial charge on any atom is 0.160 e. The first kappa shape index (κ1) is 27.8. The van der Waals surface area contributed by atoms with Gasteiger partial charge >= 0.3 is 0 Å². The van der Waals surface area contributed by atoms with E-state index in [-0.39, 0.29) is 0 Å². The Balaban J connectivity index is 1.45. The van der Waals surface area contributed by atoms with Gasteiger partial charge in [-0.25, -0.2) is 9.97 Å². The first-order valence-corrected chi connectivity index (χ1v) is 16.2. The summed E-state index contributed by atoms with van der Waals surface area (Å²) in [5.74, 6) is 0.680. The van der Waals surface area contributed by atoms with Crippen LogP contribution in [0.5, 0.6) is 0 Å². The van der Waals surface area contributed by atoms with Crippen LogP contribution in [0.3, 0.4) is 0 Å². The third-order valence-corrected chi connectivity index (χ3v) is 9.21. The van der Waals surface area contributed by atoms with Crippen LogP contribution in [0.4, 0.5) is 0 Å². The van der Waals surface area contributed by atoms with E-state index in [4.69, 9.17) is 9.97 Å². The predicted octanol–water partition coefficient (Wildman–Crippen LogP) is 11.8. The van der Waals surface area contributed by atoms with Gasteiger partial charge in [0.05, 0.1) is 11.4 Å². The maximum absolute atomic E-state index is 5.16. The Labute approximate surface area is 278 Å². The number of rotatable bonds is 3. The van der Waals surface area contributed by atoms with E-state index >= 15 is 0 Å². The molecule has 0 amide bonds. The zero-order valence-electron chi connectivity index (χ0n) is 26.1. The molecule has 0 fully saturated rings. The van der Waals surface area contributed by atoms with Crippen LogP contribution in [0.15, 0.2) is 176 Å². The van der Waals surface area contributed by atoms with Gasteiger partial charge in [0, 0.05) is 29.1 Å². The molecule has 3 heteroatoms. The lowest BCUT2D eigenvalue weighted by atomic mass is 9.94. The van der Waals surface area contributed by atoms with E-state index in [1.807, 2.05) is 30.3 Å². The summed E-state index contributed by atoms with van der Waals surface area (Å²) in [5.41, 5.74) is 4.74. The molecule has 0 spiro atoms. The zero-order valence-corrected chi connectivity index (χ0v) is 26.1. The van der Waals surface area contributed by atoms with Crippen molar-refractivity contribution in [3.63, 3.8) is 0 Å². The van der Waals surface area contributed by atoms with E-state index in [0.29, 0.717) is 5.82 Å². The maximum atomic E-state index is 5.16. The molecule has 0 aliphatic carbocycles. The van der Waals surface area contributed by atoms with E-state index in [1.54, 1.807) is 12.4 Å². The fraction of sp³-hybridized carbons (Fsp3) is 0. The molecule has 0 aliphatic rings. The Morgan fingerprint density at radius 3 is 1.10 bits per heavy atom. The third kappa shape index (κ3) is 4.81. The van der Waals surface area contributed by atoms with Gasteiger partial charge in [-0.3, -0.25) is 4.98 Å². The van der Waals surface area contributed by atoms with Gasteiger partial charge in [-0.05, 0) is 78.1 Å². The fourth-order valence-electron chi connectivity index (χ4n) is 6.96. The van der Waals surface area contributed by atoms with Crippen molar-refractivity contribution in [2.75, 3.05) is 0 Å². The van der Waals surface area contributed by atoms with Gasteiger partial charge in [-0.2, -0.15) is 0 Å². The Morgan fingerprint density at radius 1 is 0.271 bits per heavy atom. The highest BCUT2D eigenvalue weighted by molar-refractivity contribution is 6.26. The summed E-state index contributed by atoms with van der Waals surface area (Å²) in [6.07, 6.45) is 3.61. The summed E-state index contributed by atoms with van der Waals surface area (Å²) >= 11 is 0. The van der Waals surface area contributed by atoms with Gasteiger partial charge in [0.2, 0.25) is 0 Å². The van der Waals surface area contributed by atoms with Gasteiger partial charge in [0.1, 0.15) is 0 Å². The van der Waals surface area contributed by atoms with E-state index in [9.17, 15) is 0 Å². The van der Waals surface area contributed by atoms with E-state index in [1.165, 1.54) is 48.5 Å². The highest BCUT2D eigenvalue weighted by atomic mass is 14.9. The average Bonchev–Trinajstić information content (AvgIpc) is 3.18. The SMILES string of the molecule is c1ccc(-c2cc(-c3ccncc3)nc(-c3ccc4c5ccccc5c5ccccc5c5ccccc5c5ccccc5c4c3)n2)cc1. The minimum atomic E-state index is 0.680. The summed E-state index contributed by atoms with van der Waals surface area (Å²) in [4.78, 5) is 14.6. The van der Waals surface area contributed by atoms with Crippen LogP contribution >= 0.6 is 0 Å². The first-order chi connectivity index (χ1) is 23.8. The highest BCUT2D eigenvalue weighted by Crippen LogP contribution is 2.37. The number of aromatic nitrogens is 3. The highest BCUT2D eigenvalue weighted by Gasteiger charge is 2.13. The lowest BCUT2D eigenvalue weighted by Gasteiger charge is -2.12. The molecule has 7 aromatic carbocycles. The molecule has 0 unspecified atom stereocenters. The molecule has 0 aliphatic heterocycles. The Bertz CT molecular complexity index is 2590. The second-order valence-corrected chi connectivity index (χ2v) is 12.0. The average molecular weight is 612 g/mol. The monoisotopic (exact) mass is 611 g/mol. The normalized spacial score (nSPS) is 11.3. The van der Waals surface area contributed by atoms with Gasteiger partial charge in [-0.1, -0.05) is 140 Å².